The van der Waals surface area contributed by atoms with Gasteiger partial charge in [-0.05, 0) is 46.9 Å². The predicted molar refractivity (Wildman–Crippen MR) is 128 cm³/mol. The summed E-state index contributed by atoms with van der Waals surface area (Å²) in [6.07, 6.45) is 1.54. The first kappa shape index (κ1) is 19.6. The molecule has 0 saturated heterocycles. The van der Waals surface area contributed by atoms with Crippen LogP contribution in [-0.4, -0.2) is 23.1 Å². The summed E-state index contributed by atoms with van der Waals surface area (Å²) in [6.45, 7) is 3.10. The molecule has 1 amide bonds. The Morgan fingerprint density at radius 2 is 2.00 bits per heavy atom. The van der Waals surface area contributed by atoms with Gasteiger partial charge in [0.15, 0.2) is 0 Å². The van der Waals surface area contributed by atoms with Crippen LogP contribution < -0.4 is 5.32 Å². The molecule has 1 aromatic heterocycles. The zero-order valence-electron chi connectivity index (χ0n) is 17.6. The Bertz CT molecular complexity index is 1470. The summed E-state index contributed by atoms with van der Waals surface area (Å²) in [5.41, 5.74) is 8.97. The van der Waals surface area contributed by atoms with Crippen molar-refractivity contribution in [2.75, 3.05) is 6.61 Å². The molecule has 6 rings (SSSR count). The number of rotatable bonds is 4. The van der Waals surface area contributed by atoms with Gasteiger partial charge in [-0.1, -0.05) is 40.2 Å². The summed E-state index contributed by atoms with van der Waals surface area (Å²) in [5, 5.41) is 5.38. The van der Waals surface area contributed by atoms with Crippen molar-refractivity contribution in [2.45, 2.75) is 32.9 Å². The van der Waals surface area contributed by atoms with Crippen molar-refractivity contribution in [1.82, 2.24) is 9.88 Å². The summed E-state index contributed by atoms with van der Waals surface area (Å²) >= 11 is 3.64. The van der Waals surface area contributed by atoms with Gasteiger partial charge in [0, 0.05) is 52.8 Å². The van der Waals surface area contributed by atoms with Crippen LogP contribution in [0.1, 0.15) is 40.4 Å². The Kier molecular flexibility index (Phi) is 4.40. The van der Waals surface area contributed by atoms with Crippen molar-refractivity contribution in [2.24, 2.45) is 0 Å². The van der Waals surface area contributed by atoms with Gasteiger partial charge in [0.1, 0.15) is 0 Å². The van der Waals surface area contributed by atoms with Gasteiger partial charge in [0.25, 0.3) is 5.91 Å². The molecular formula is C26H21BrN2O3. The highest BCUT2D eigenvalue weighted by Crippen LogP contribution is 2.48. The lowest BCUT2D eigenvalue weighted by atomic mass is 9.92. The third kappa shape index (κ3) is 2.75. The molecule has 4 aromatic rings. The minimum Gasteiger partial charge on any atom is -0.466 e. The first-order chi connectivity index (χ1) is 15.5. The van der Waals surface area contributed by atoms with Crippen LogP contribution in [0.5, 0.6) is 0 Å². The maximum atomic E-state index is 13.0. The van der Waals surface area contributed by atoms with E-state index in [0.717, 1.165) is 62.4 Å². The van der Waals surface area contributed by atoms with Crippen LogP contribution in [0.15, 0.2) is 46.9 Å². The molecule has 3 aromatic carbocycles. The van der Waals surface area contributed by atoms with E-state index in [2.05, 4.69) is 62.2 Å². The molecule has 160 valence electrons. The molecule has 32 heavy (non-hydrogen) atoms. The number of aryl methyl sites for hydroxylation is 1. The largest absolute Gasteiger partial charge is 0.466 e. The Balaban J connectivity index is 1.67. The number of carbonyl (C=O) groups is 2. The second-order valence-electron chi connectivity index (χ2n) is 8.45. The third-order valence-corrected chi connectivity index (χ3v) is 7.10. The Hall–Kier alpha value is -3.12. The normalized spacial score (nSPS) is 13.9. The molecule has 0 unspecified atom stereocenters. The average molecular weight is 489 g/mol. The monoisotopic (exact) mass is 488 g/mol. The summed E-state index contributed by atoms with van der Waals surface area (Å²) in [5.74, 6) is -0.240. The molecule has 5 nitrogen and oxygen atoms in total. The number of fused-ring (bicyclic) bond motifs is 10. The van der Waals surface area contributed by atoms with Gasteiger partial charge >= 0.3 is 5.97 Å². The number of amides is 1. The number of nitrogens with one attached hydrogen (secondary N) is 1. The van der Waals surface area contributed by atoms with E-state index in [4.69, 9.17) is 4.74 Å². The van der Waals surface area contributed by atoms with Gasteiger partial charge < -0.3 is 14.6 Å². The second kappa shape index (κ2) is 7.20. The lowest BCUT2D eigenvalue weighted by molar-refractivity contribution is -0.141. The molecule has 0 spiro atoms. The zero-order valence-corrected chi connectivity index (χ0v) is 19.2. The number of hydrogen-bond acceptors (Lipinski definition) is 3. The predicted octanol–water partition coefficient (Wildman–Crippen LogP) is 5.32. The number of aromatic nitrogens is 1. The van der Waals surface area contributed by atoms with Crippen LogP contribution in [0.4, 0.5) is 0 Å². The minimum absolute atomic E-state index is 0.0145. The molecule has 1 aliphatic heterocycles. The Morgan fingerprint density at radius 3 is 2.84 bits per heavy atom. The fraction of sp³-hybridized carbons (Fsp3) is 0.231. The summed E-state index contributed by atoms with van der Waals surface area (Å²) < 4.78 is 8.57. The van der Waals surface area contributed by atoms with E-state index in [1.807, 2.05) is 6.07 Å². The van der Waals surface area contributed by atoms with Gasteiger partial charge in [-0.25, -0.2) is 0 Å². The number of carbonyl (C=O) groups excluding carboxylic acids is 2. The molecular weight excluding hydrogens is 468 g/mol. The molecule has 6 heteroatoms. The van der Waals surface area contributed by atoms with Gasteiger partial charge in [0.05, 0.1) is 17.7 Å². The van der Waals surface area contributed by atoms with Crippen molar-refractivity contribution in [3.8, 4) is 11.1 Å². The lowest BCUT2D eigenvalue weighted by Gasteiger charge is -2.13. The molecule has 1 N–H and O–H groups in total. The maximum absolute atomic E-state index is 13.0. The lowest BCUT2D eigenvalue weighted by Crippen LogP contribution is -2.13. The zero-order chi connectivity index (χ0) is 22.0. The van der Waals surface area contributed by atoms with Crippen molar-refractivity contribution in [3.05, 3.63) is 69.2 Å². The number of nitrogens with zero attached hydrogens (tertiary/aromatic N) is 1. The van der Waals surface area contributed by atoms with E-state index in [0.29, 0.717) is 13.2 Å². The first-order valence-corrected chi connectivity index (χ1v) is 11.6. The molecule has 0 radical (unpaired) electrons. The molecule has 1 aliphatic carbocycles. The van der Waals surface area contributed by atoms with E-state index in [1.165, 1.54) is 23.6 Å². The SMILES string of the molecule is CC(=O)OCCCn1c2ccc(Br)cc2c2c3c(c4c(c21)Cc1ccccc1-4)C(=O)NC3. The Labute approximate surface area is 193 Å². The summed E-state index contributed by atoms with van der Waals surface area (Å²) in [6, 6.07) is 14.7. The number of benzene rings is 3. The molecule has 2 aliphatic rings. The van der Waals surface area contributed by atoms with Crippen molar-refractivity contribution < 1.29 is 14.3 Å². The van der Waals surface area contributed by atoms with Gasteiger partial charge in [-0.3, -0.25) is 9.59 Å². The van der Waals surface area contributed by atoms with Crippen LogP contribution in [0, 0.1) is 0 Å². The van der Waals surface area contributed by atoms with Gasteiger partial charge in [0.2, 0.25) is 0 Å². The Morgan fingerprint density at radius 1 is 1.16 bits per heavy atom. The van der Waals surface area contributed by atoms with E-state index < -0.39 is 0 Å². The van der Waals surface area contributed by atoms with Crippen molar-refractivity contribution in [3.63, 3.8) is 0 Å². The molecule has 0 atom stereocenters. The highest BCUT2D eigenvalue weighted by atomic mass is 79.9. The molecule has 0 bridgehead atoms. The van der Waals surface area contributed by atoms with Crippen molar-refractivity contribution >= 4 is 49.6 Å². The third-order valence-electron chi connectivity index (χ3n) is 6.60. The number of hydrogen-bond donors (Lipinski definition) is 1. The molecule has 0 fully saturated rings. The van der Waals surface area contributed by atoms with E-state index >= 15 is 0 Å². The number of esters is 1. The highest BCUT2D eigenvalue weighted by Gasteiger charge is 2.35. The quantitative estimate of drug-likeness (QED) is 0.275. The topological polar surface area (TPSA) is 60.3 Å². The summed E-state index contributed by atoms with van der Waals surface area (Å²) in [4.78, 5) is 24.2. The van der Waals surface area contributed by atoms with Crippen LogP contribution in [-0.2, 0) is 29.0 Å². The van der Waals surface area contributed by atoms with E-state index in [9.17, 15) is 9.59 Å². The fourth-order valence-electron chi connectivity index (χ4n) is 5.42. The first-order valence-electron chi connectivity index (χ1n) is 10.8. The maximum Gasteiger partial charge on any atom is 0.302 e. The smallest absolute Gasteiger partial charge is 0.302 e. The fourth-order valence-corrected chi connectivity index (χ4v) is 5.79. The number of halogens is 1. The number of ether oxygens (including phenoxy) is 1. The van der Waals surface area contributed by atoms with Crippen molar-refractivity contribution in [1.29, 1.82) is 0 Å². The van der Waals surface area contributed by atoms with Gasteiger partial charge in [-0.2, -0.15) is 0 Å². The van der Waals surface area contributed by atoms with Crippen LogP contribution >= 0.6 is 15.9 Å². The van der Waals surface area contributed by atoms with E-state index in [1.54, 1.807) is 0 Å². The molecule has 0 saturated carbocycles. The minimum atomic E-state index is -0.255. The molecule has 2 heterocycles. The van der Waals surface area contributed by atoms with Crippen LogP contribution in [0.25, 0.3) is 32.9 Å². The summed E-state index contributed by atoms with van der Waals surface area (Å²) in [7, 11) is 0. The van der Waals surface area contributed by atoms with Crippen LogP contribution in [0.3, 0.4) is 0 Å². The second-order valence-corrected chi connectivity index (χ2v) is 9.37. The standard InChI is InChI=1S/C26H21BrN2O3/c1-14(30)32-10-4-9-29-21-8-7-16(27)12-18(21)23-20-13-28-26(31)24(20)22-17-6-3-2-5-15(17)11-19(22)25(23)29/h2-3,5-8,12H,4,9-11,13H2,1H3,(H,28,31). The average Bonchev–Trinajstić information content (AvgIpc) is 3.42. The van der Waals surface area contributed by atoms with E-state index in [-0.39, 0.29) is 11.9 Å². The van der Waals surface area contributed by atoms with Crippen LogP contribution in [0.2, 0.25) is 0 Å². The van der Waals surface area contributed by atoms with Gasteiger partial charge in [-0.15, -0.1) is 0 Å². The highest BCUT2D eigenvalue weighted by molar-refractivity contribution is 9.10.